The summed E-state index contributed by atoms with van der Waals surface area (Å²) in [5, 5.41) is 0.820. The molecule has 0 bridgehead atoms. The molecule has 0 unspecified atom stereocenters. The average Bonchev–Trinajstić information content (AvgIpc) is 2.85. The van der Waals surface area contributed by atoms with E-state index in [2.05, 4.69) is 0 Å². The number of allylic oxidation sites excluding steroid dienone is 1. The van der Waals surface area contributed by atoms with Crippen LogP contribution >= 0.6 is 23.2 Å². The molecule has 1 aliphatic rings. The standard InChI is InChI=1S/C17H11Cl2NO4/c18-12-2-1-3-13(19)11(12)7-15-17(22)10-5-4-9(6-14(10)24-15)23-8-16(20)21/h1-7H,8H2,(H2,20,21)/b15-7-. The molecule has 1 heterocycles. The molecule has 0 fully saturated rings. The molecular weight excluding hydrogens is 353 g/mol. The third-order valence-electron chi connectivity index (χ3n) is 3.30. The first-order valence-electron chi connectivity index (χ1n) is 6.89. The number of carbonyl (C=O) groups is 2. The van der Waals surface area contributed by atoms with Crippen molar-refractivity contribution in [3.63, 3.8) is 0 Å². The maximum Gasteiger partial charge on any atom is 0.255 e. The molecule has 1 aliphatic heterocycles. The minimum atomic E-state index is -0.596. The Morgan fingerprint density at radius 1 is 1.21 bits per heavy atom. The molecule has 7 heteroatoms. The fourth-order valence-corrected chi connectivity index (χ4v) is 2.70. The highest BCUT2D eigenvalue weighted by Gasteiger charge is 2.28. The summed E-state index contributed by atoms with van der Waals surface area (Å²) >= 11 is 12.2. The molecule has 0 saturated heterocycles. The van der Waals surface area contributed by atoms with Gasteiger partial charge in [0, 0.05) is 21.7 Å². The second-order valence-corrected chi connectivity index (χ2v) is 5.80. The summed E-state index contributed by atoms with van der Waals surface area (Å²) in [5.41, 5.74) is 5.92. The Kier molecular flexibility index (Phi) is 4.46. The Balaban J connectivity index is 1.90. The van der Waals surface area contributed by atoms with Gasteiger partial charge < -0.3 is 15.2 Å². The van der Waals surface area contributed by atoms with Crippen molar-refractivity contribution < 1.29 is 19.1 Å². The van der Waals surface area contributed by atoms with E-state index in [-0.39, 0.29) is 18.1 Å². The van der Waals surface area contributed by atoms with Gasteiger partial charge in [0.15, 0.2) is 12.4 Å². The highest BCUT2D eigenvalue weighted by Crippen LogP contribution is 2.36. The number of nitrogens with two attached hydrogens (primary N) is 1. The molecule has 0 aliphatic carbocycles. The number of hydrogen-bond acceptors (Lipinski definition) is 4. The van der Waals surface area contributed by atoms with Crippen LogP contribution < -0.4 is 15.2 Å². The predicted molar refractivity (Wildman–Crippen MR) is 90.5 cm³/mol. The van der Waals surface area contributed by atoms with Gasteiger partial charge in [0.2, 0.25) is 5.78 Å². The summed E-state index contributed by atoms with van der Waals surface area (Å²) in [6.07, 6.45) is 1.50. The molecule has 0 aromatic heterocycles. The van der Waals surface area contributed by atoms with Gasteiger partial charge in [-0.05, 0) is 30.3 Å². The van der Waals surface area contributed by atoms with Gasteiger partial charge in [-0.2, -0.15) is 0 Å². The number of ether oxygens (including phenoxy) is 2. The van der Waals surface area contributed by atoms with Crippen molar-refractivity contribution in [2.24, 2.45) is 5.73 Å². The zero-order valence-electron chi connectivity index (χ0n) is 12.2. The van der Waals surface area contributed by atoms with E-state index in [0.717, 1.165) is 0 Å². The Morgan fingerprint density at radius 3 is 2.58 bits per heavy atom. The summed E-state index contributed by atoms with van der Waals surface area (Å²) in [6.45, 7) is -0.259. The van der Waals surface area contributed by atoms with Crippen LogP contribution in [0.5, 0.6) is 11.5 Å². The van der Waals surface area contributed by atoms with Gasteiger partial charge in [0.25, 0.3) is 5.91 Å². The quantitative estimate of drug-likeness (QED) is 0.843. The van der Waals surface area contributed by atoms with Crippen LogP contribution in [0.2, 0.25) is 10.0 Å². The van der Waals surface area contributed by atoms with Crippen LogP contribution in [0.4, 0.5) is 0 Å². The number of Topliss-reactive ketones (excluding diaryl/α,β-unsaturated/α-hetero) is 1. The van der Waals surface area contributed by atoms with Crippen molar-refractivity contribution in [2.75, 3.05) is 6.61 Å². The monoisotopic (exact) mass is 363 g/mol. The molecule has 0 spiro atoms. The lowest BCUT2D eigenvalue weighted by atomic mass is 10.1. The number of ketones is 1. The number of rotatable bonds is 4. The van der Waals surface area contributed by atoms with Crippen LogP contribution in [0.3, 0.4) is 0 Å². The molecule has 5 nitrogen and oxygen atoms in total. The lowest BCUT2D eigenvalue weighted by Gasteiger charge is -2.05. The van der Waals surface area contributed by atoms with Crippen molar-refractivity contribution in [3.8, 4) is 11.5 Å². The second kappa shape index (κ2) is 6.55. The van der Waals surface area contributed by atoms with E-state index in [1.807, 2.05) is 0 Å². The first-order chi connectivity index (χ1) is 11.5. The lowest BCUT2D eigenvalue weighted by Crippen LogP contribution is -2.19. The Bertz CT molecular complexity index is 857. The van der Waals surface area contributed by atoms with Crippen molar-refractivity contribution >= 4 is 41.0 Å². The topological polar surface area (TPSA) is 78.6 Å². The van der Waals surface area contributed by atoms with Gasteiger partial charge >= 0.3 is 0 Å². The molecule has 2 aromatic rings. The summed E-state index contributed by atoms with van der Waals surface area (Å²) in [4.78, 5) is 23.2. The van der Waals surface area contributed by atoms with Crippen molar-refractivity contribution in [1.82, 2.24) is 0 Å². The van der Waals surface area contributed by atoms with Crippen molar-refractivity contribution in [3.05, 3.63) is 63.3 Å². The third kappa shape index (κ3) is 3.22. The maximum atomic E-state index is 12.4. The fourth-order valence-electron chi connectivity index (χ4n) is 2.19. The Labute approximate surface area is 147 Å². The van der Waals surface area contributed by atoms with E-state index < -0.39 is 5.91 Å². The zero-order valence-corrected chi connectivity index (χ0v) is 13.7. The van der Waals surface area contributed by atoms with Crippen molar-refractivity contribution in [2.45, 2.75) is 0 Å². The Morgan fingerprint density at radius 2 is 1.92 bits per heavy atom. The van der Waals surface area contributed by atoms with E-state index in [1.165, 1.54) is 12.1 Å². The SMILES string of the molecule is NC(=O)COc1ccc2c(c1)O/C(=C\c1c(Cl)cccc1Cl)C2=O. The van der Waals surface area contributed by atoms with Crippen molar-refractivity contribution in [1.29, 1.82) is 0 Å². The minimum absolute atomic E-state index is 0.104. The van der Waals surface area contributed by atoms with Crippen LogP contribution in [0.1, 0.15) is 15.9 Å². The maximum absolute atomic E-state index is 12.4. The number of amides is 1. The summed E-state index contributed by atoms with van der Waals surface area (Å²) in [5.74, 6) is -0.0790. The Hall–Kier alpha value is -2.50. The number of primary amides is 1. The minimum Gasteiger partial charge on any atom is -0.484 e. The van der Waals surface area contributed by atoms with Crippen LogP contribution in [0.15, 0.2) is 42.2 Å². The number of halogens is 2. The summed E-state index contributed by atoms with van der Waals surface area (Å²) in [7, 11) is 0. The average molecular weight is 364 g/mol. The van der Waals surface area contributed by atoms with Gasteiger partial charge in [0.1, 0.15) is 11.5 Å². The van der Waals surface area contributed by atoms with Crippen LogP contribution in [-0.4, -0.2) is 18.3 Å². The number of hydrogen-bond donors (Lipinski definition) is 1. The summed E-state index contributed by atoms with van der Waals surface area (Å²) in [6, 6.07) is 9.69. The van der Waals surface area contributed by atoms with Gasteiger partial charge in [-0.15, -0.1) is 0 Å². The first-order valence-corrected chi connectivity index (χ1v) is 7.64. The number of benzene rings is 2. The fraction of sp³-hybridized carbons (Fsp3) is 0.0588. The van der Waals surface area contributed by atoms with Gasteiger partial charge in [-0.1, -0.05) is 29.3 Å². The lowest BCUT2D eigenvalue weighted by molar-refractivity contribution is -0.119. The molecular formula is C17H11Cl2NO4. The van der Waals surface area contributed by atoms with E-state index >= 15 is 0 Å². The molecule has 3 rings (SSSR count). The van der Waals surface area contributed by atoms with E-state index in [1.54, 1.807) is 30.3 Å². The molecule has 2 aromatic carbocycles. The molecule has 122 valence electrons. The summed E-state index contributed by atoms with van der Waals surface area (Å²) < 4.78 is 10.8. The molecule has 0 atom stereocenters. The molecule has 1 amide bonds. The van der Waals surface area contributed by atoms with Gasteiger partial charge in [-0.25, -0.2) is 0 Å². The van der Waals surface area contributed by atoms with Gasteiger partial charge in [-0.3, -0.25) is 9.59 Å². The van der Waals surface area contributed by atoms with Crippen LogP contribution in [0.25, 0.3) is 6.08 Å². The van der Waals surface area contributed by atoms with Gasteiger partial charge in [0.05, 0.1) is 5.56 Å². The normalized spacial score (nSPS) is 14.4. The molecule has 2 N–H and O–H groups in total. The molecule has 24 heavy (non-hydrogen) atoms. The van der Waals surface area contributed by atoms with E-state index in [4.69, 9.17) is 38.4 Å². The predicted octanol–water partition coefficient (Wildman–Crippen LogP) is 3.47. The van der Waals surface area contributed by atoms with Crippen LogP contribution in [0, 0.1) is 0 Å². The molecule has 0 saturated carbocycles. The smallest absolute Gasteiger partial charge is 0.255 e. The first kappa shape index (κ1) is 16.4. The molecule has 0 radical (unpaired) electrons. The van der Waals surface area contributed by atoms with E-state index in [0.29, 0.717) is 32.7 Å². The highest BCUT2D eigenvalue weighted by molar-refractivity contribution is 6.37. The highest BCUT2D eigenvalue weighted by atomic mass is 35.5. The number of fused-ring (bicyclic) bond motifs is 1. The van der Waals surface area contributed by atoms with E-state index in [9.17, 15) is 9.59 Å². The third-order valence-corrected chi connectivity index (χ3v) is 3.96. The second-order valence-electron chi connectivity index (χ2n) is 4.99. The number of carbonyl (C=O) groups excluding carboxylic acids is 2. The largest absolute Gasteiger partial charge is 0.484 e. The van der Waals surface area contributed by atoms with Crippen LogP contribution in [-0.2, 0) is 4.79 Å². The zero-order chi connectivity index (χ0) is 17.3.